The molecule has 4 saturated heterocycles. The monoisotopic (exact) mass is 892 g/mol. The first kappa shape index (κ1) is 47.0. The zero-order chi connectivity index (χ0) is 41.8. The minimum absolute atomic E-state index is 0.134. The quantitative estimate of drug-likeness (QED) is 0.149. The fourth-order valence-electron chi connectivity index (χ4n) is 8.40. The number of aldehydes is 2. The summed E-state index contributed by atoms with van der Waals surface area (Å²) in [5.74, 6) is 2.63. The Kier molecular flexibility index (Phi) is 18.2. The van der Waals surface area contributed by atoms with Crippen LogP contribution in [0, 0.1) is 23.7 Å². The summed E-state index contributed by atoms with van der Waals surface area (Å²) in [6.45, 7) is 19.9. The molecule has 0 radical (unpaired) electrons. The molecule has 2 atom stereocenters. The molecule has 0 aliphatic carbocycles. The van der Waals surface area contributed by atoms with Crippen molar-refractivity contribution in [3.63, 3.8) is 0 Å². The number of esters is 2. The highest BCUT2D eigenvalue weighted by molar-refractivity contribution is 9.09. The number of rotatable bonds is 9. The van der Waals surface area contributed by atoms with E-state index in [9.17, 15) is 19.2 Å². The molecule has 6 rings (SSSR count). The van der Waals surface area contributed by atoms with Crippen LogP contribution in [0.2, 0.25) is 10.0 Å². The first-order valence-corrected chi connectivity index (χ1v) is 22.3. The SMILES string of the molecule is CC(C)(C)OC(=O)CBr.CC(C)(C)OC(=O)CN1CCC(C2CCN(c3cc(Cl)ccc3C=O)CC2)C1.O=Cc1ccc(Cl)cc1N1CCC(C2CCNC2)CC1. The molecule has 1 N–H and O–H groups in total. The number of likely N-dealkylation sites (tertiary alicyclic amines) is 1. The largest absolute Gasteiger partial charge is 0.459 e. The minimum atomic E-state index is -0.427. The Morgan fingerprint density at radius 3 is 1.56 bits per heavy atom. The third kappa shape index (κ3) is 15.4. The number of anilines is 2. The number of hydrogen-bond donors (Lipinski definition) is 1. The van der Waals surface area contributed by atoms with Crippen molar-refractivity contribution in [3.8, 4) is 0 Å². The summed E-state index contributed by atoms with van der Waals surface area (Å²) in [6.07, 6.45) is 8.95. The van der Waals surface area contributed by atoms with Gasteiger partial charge in [-0.05, 0) is 160 Å². The predicted molar refractivity (Wildman–Crippen MR) is 235 cm³/mol. The lowest BCUT2D eigenvalue weighted by Crippen LogP contribution is -2.38. The zero-order valence-corrected chi connectivity index (χ0v) is 37.8. The van der Waals surface area contributed by atoms with Gasteiger partial charge in [0, 0.05) is 65.3 Å². The van der Waals surface area contributed by atoms with Gasteiger partial charge in [-0.2, -0.15) is 0 Å². The molecule has 0 spiro atoms. The second-order valence-electron chi connectivity index (χ2n) is 17.6. The van der Waals surface area contributed by atoms with E-state index in [2.05, 4.69) is 35.9 Å². The van der Waals surface area contributed by atoms with Crippen molar-refractivity contribution < 1.29 is 28.7 Å². The van der Waals surface area contributed by atoms with Crippen molar-refractivity contribution in [1.29, 1.82) is 0 Å². The molecule has 10 nitrogen and oxygen atoms in total. The highest BCUT2D eigenvalue weighted by Gasteiger charge is 2.34. The second kappa shape index (κ2) is 22.1. The molecule has 4 aliphatic rings. The van der Waals surface area contributed by atoms with Crippen LogP contribution in [-0.2, 0) is 19.1 Å². The molecule has 2 aromatic carbocycles. The van der Waals surface area contributed by atoms with E-state index in [0.29, 0.717) is 34.0 Å². The van der Waals surface area contributed by atoms with Crippen LogP contribution in [0.4, 0.5) is 11.4 Å². The first-order valence-electron chi connectivity index (χ1n) is 20.4. The number of nitrogens with one attached hydrogen (secondary N) is 1. The molecule has 57 heavy (non-hydrogen) atoms. The maximum Gasteiger partial charge on any atom is 0.320 e. The molecular formula is C44H63BrCl2N4O6. The van der Waals surface area contributed by atoms with Gasteiger partial charge >= 0.3 is 11.9 Å². The maximum absolute atomic E-state index is 12.1. The lowest BCUT2D eigenvalue weighted by atomic mass is 9.83. The first-order chi connectivity index (χ1) is 27.0. The van der Waals surface area contributed by atoms with Gasteiger partial charge in [-0.15, -0.1) is 0 Å². The van der Waals surface area contributed by atoms with Crippen LogP contribution in [-0.4, -0.2) is 105 Å². The summed E-state index contributed by atoms with van der Waals surface area (Å²) in [4.78, 5) is 52.0. The predicted octanol–water partition coefficient (Wildman–Crippen LogP) is 8.73. The van der Waals surface area contributed by atoms with Gasteiger partial charge < -0.3 is 24.6 Å². The van der Waals surface area contributed by atoms with Gasteiger partial charge in [-0.25, -0.2) is 0 Å². The number of halogens is 3. The van der Waals surface area contributed by atoms with Gasteiger partial charge in [0.25, 0.3) is 0 Å². The van der Waals surface area contributed by atoms with Gasteiger partial charge in [-0.3, -0.25) is 24.1 Å². The fraction of sp³-hybridized carbons (Fsp3) is 0.636. The van der Waals surface area contributed by atoms with E-state index in [-0.39, 0.29) is 22.9 Å². The smallest absolute Gasteiger partial charge is 0.320 e. The van der Waals surface area contributed by atoms with Gasteiger partial charge in [-0.1, -0.05) is 39.1 Å². The third-order valence-electron chi connectivity index (χ3n) is 11.0. The minimum Gasteiger partial charge on any atom is -0.459 e. The molecule has 0 saturated carbocycles. The summed E-state index contributed by atoms with van der Waals surface area (Å²) in [7, 11) is 0. The van der Waals surface area contributed by atoms with E-state index in [4.69, 9.17) is 32.7 Å². The number of carbonyl (C=O) groups is 4. The molecule has 0 bridgehead atoms. The molecule has 2 unspecified atom stereocenters. The fourth-order valence-corrected chi connectivity index (χ4v) is 8.85. The summed E-state index contributed by atoms with van der Waals surface area (Å²) in [5, 5.41) is 5.09. The highest BCUT2D eigenvalue weighted by Crippen LogP contribution is 2.36. The number of benzene rings is 2. The van der Waals surface area contributed by atoms with Crippen LogP contribution in [0.5, 0.6) is 0 Å². The molecule has 316 valence electrons. The van der Waals surface area contributed by atoms with E-state index >= 15 is 0 Å². The van der Waals surface area contributed by atoms with Crippen LogP contribution in [0.3, 0.4) is 0 Å². The van der Waals surface area contributed by atoms with Crippen molar-refractivity contribution in [2.45, 2.75) is 91.3 Å². The van der Waals surface area contributed by atoms with Crippen LogP contribution in [0.15, 0.2) is 36.4 Å². The summed E-state index contributed by atoms with van der Waals surface area (Å²) >= 11 is 15.2. The summed E-state index contributed by atoms with van der Waals surface area (Å²) in [6, 6.07) is 11.0. The molecule has 4 aliphatic heterocycles. The van der Waals surface area contributed by atoms with E-state index in [0.717, 1.165) is 99.9 Å². The molecular weight excluding hydrogens is 831 g/mol. The van der Waals surface area contributed by atoms with Gasteiger partial charge in [0.1, 0.15) is 16.5 Å². The number of ether oxygens (including phenoxy) is 2. The summed E-state index contributed by atoms with van der Waals surface area (Å²) < 4.78 is 10.3. The van der Waals surface area contributed by atoms with Crippen molar-refractivity contribution in [3.05, 3.63) is 57.6 Å². The van der Waals surface area contributed by atoms with Crippen LogP contribution in [0.25, 0.3) is 0 Å². The van der Waals surface area contributed by atoms with Crippen LogP contribution in [0.1, 0.15) is 101 Å². The average Bonchev–Trinajstić information content (AvgIpc) is 3.87. The number of nitrogens with zero attached hydrogens (tertiary/aromatic N) is 3. The average molecular weight is 895 g/mol. The Morgan fingerprint density at radius 2 is 1.16 bits per heavy atom. The zero-order valence-electron chi connectivity index (χ0n) is 34.7. The Morgan fingerprint density at radius 1 is 0.702 bits per heavy atom. The van der Waals surface area contributed by atoms with E-state index in [1.807, 2.05) is 59.7 Å². The molecule has 0 aromatic heterocycles. The van der Waals surface area contributed by atoms with E-state index in [1.54, 1.807) is 18.2 Å². The van der Waals surface area contributed by atoms with Gasteiger partial charge in [0.2, 0.25) is 0 Å². The normalized spacial score (nSPS) is 20.9. The Hall–Kier alpha value is -2.70. The highest BCUT2D eigenvalue weighted by atomic mass is 79.9. The molecule has 4 heterocycles. The Labute approximate surface area is 358 Å². The second-order valence-corrected chi connectivity index (χ2v) is 19.1. The topological polar surface area (TPSA) is 108 Å². The standard InChI is InChI=1S/C22H31ClN2O3.C16H21ClN2O.C6H11BrO2/c1-22(2,3)28-21(27)14-24-9-6-17(13-24)16-7-10-25(11-8-16)20-12-19(23)5-4-18(20)15-26;17-15-2-1-14(11-20)16(9-15)19-7-4-12(5-8-19)13-3-6-18-10-13;1-6(2,3)9-5(8)4-7/h4-5,12,15-17H,6-11,13-14H2,1-3H3;1-2,9,11-13,18H,3-8,10H2;4H2,1-3H3. The van der Waals surface area contributed by atoms with Crippen molar-refractivity contribution in [2.24, 2.45) is 23.7 Å². The Bertz CT molecular complexity index is 1630. The van der Waals surface area contributed by atoms with Gasteiger partial charge in [0.05, 0.1) is 6.54 Å². The number of hydrogen-bond acceptors (Lipinski definition) is 10. The van der Waals surface area contributed by atoms with E-state index < -0.39 is 5.60 Å². The summed E-state index contributed by atoms with van der Waals surface area (Å²) in [5.41, 5.74) is 2.60. The molecule has 4 fully saturated rings. The van der Waals surface area contributed by atoms with Crippen molar-refractivity contribution in [2.75, 3.05) is 74.0 Å². The van der Waals surface area contributed by atoms with Crippen LogP contribution >= 0.6 is 39.1 Å². The Balaban J connectivity index is 0.000000215. The number of piperidine rings is 2. The molecule has 2 aromatic rings. The maximum atomic E-state index is 12.1. The lowest BCUT2D eigenvalue weighted by molar-refractivity contribution is -0.156. The van der Waals surface area contributed by atoms with Crippen LogP contribution < -0.4 is 15.1 Å². The number of alkyl halides is 1. The third-order valence-corrected chi connectivity index (χ3v) is 12.0. The number of carbonyl (C=O) groups excluding carboxylic acids is 4. The molecule has 13 heteroatoms. The van der Waals surface area contributed by atoms with Gasteiger partial charge in [0.15, 0.2) is 12.6 Å². The lowest BCUT2D eigenvalue weighted by Gasteiger charge is -2.36. The van der Waals surface area contributed by atoms with Crippen molar-refractivity contribution >= 4 is 75.0 Å². The van der Waals surface area contributed by atoms with Crippen molar-refractivity contribution in [1.82, 2.24) is 10.2 Å². The van der Waals surface area contributed by atoms with E-state index in [1.165, 1.54) is 32.4 Å². The molecule has 0 amide bonds.